The zero-order valence-electron chi connectivity index (χ0n) is 15.9. The molecule has 1 fully saturated rings. The van der Waals surface area contributed by atoms with Gasteiger partial charge in [-0.1, -0.05) is 19.9 Å². The Morgan fingerprint density at radius 3 is 2.50 bits per heavy atom. The Balaban J connectivity index is 1.59. The fourth-order valence-electron chi connectivity index (χ4n) is 3.48. The molecule has 1 saturated heterocycles. The van der Waals surface area contributed by atoms with Gasteiger partial charge in [-0.3, -0.25) is 9.59 Å². The Bertz CT molecular complexity index is 796. The average molecular weight is 356 g/mol. The van der Waals surface area contributed by atoms with Crippen molar-refractivity contribution in [1.82, 2.24) is 19.8 Å². The van der Waals surface area contributed by atoms with Crippen molar-refractivity contribution in [2.45, 2.75) is 40.0 Å². The summed E-state index contributed by atoms with van der Waals surface area (Å²) in [5.74, 6) is 1.57. The van der Waals surface area contributed by atoms with Gasteiger partial charge >= 0.3 is 0 Å². The van der Waals surface area contributed by atoms with Crippen LogP contribution in [0.25, 0.3) is 11.0 Å². The van der Waals surface area contributed by atoms with Crippen LogP contribution < -0.4 is 0 Å². The number of benzene rings is 1. The van der Waals surface area contributed by atoms with Gasteiger partial charge in [0.2, 0.25) is 11.8 Å². The summed E-state index contributed by atoms with van der Waals surface area (Å²) in [5, 5.41) is 0. The molecule has 6 heteroatoms. The second kappa shape index (κ2) is 7.89. The maximum absolute atomic E-state index is 12.7. The Labute approximate surface area is 154 Å². The number of nitrogens with zero attached hydrogens (tertiary/aromatic N) is 3. The number of rotatable bonds is 4. The van der Waals surface area contributed by atoms with Crippen LogP contribution in [0, 0.1) is 12.8 Å². The number of imidazole rings is 1. The minimum atomic E-state index is 0.124. The van der Waals surface area contributed by atoms with Gasteiger partial charge in [-0.05, 0) is 37.0 Å². The number of amides is 2. The average Bonchev–Trinajstić information content (AvgIpc) is 2.79. The largest absolute Gasteiger partial charge is 0.342 e. The minimum absolute atomic E-state index is 0.124. The van der Waals surface area contributed by atoms with E-state index < -0.39 is 0 Å². The summed E-state index contributed by atoms with van der Waals surface area (Å²) in [4.78, 5) is 36.4. The molecule has 1 aliphatic heterocycles. The molecule has 140 valence electrons. The predicted molar refractivity (Wildman–Crippen MR) is 102 cm³/mol. The molecule has 0 unspecified atom stereocenters. The molecule has 0 radical (unpaired) electrons. The summed E-state index contributed by atoms with van der Waals surface area (Å²) in [7, 11) is 0. The number of carbonyl (C=O) groups excluding carboxylic acids is 2. The van der Waals surface area contributed by atoms with E-state index >= 15 is 0 Å². The van der Waals surface area contributed by atoms with Crippen molar-refractivity contribution in [3.05, 3.63) is 29.6 Å². The molecule has 0 bridgehead atoms. The van der Waals surface area contributed by atoms with E-state index in [2.05, 4.69) is 23.8 Å². The topological polar surface area (TPSA) is 69.3 Å². The van der Waals surface area contributed by atoms with Crippen LogP contribution in [0.5, 0.6) is 0 Å². The fourth-order valence-corrected chi connectivity index (χ4v) is 3.48. The maximum Gasteiger partial charge on any atom is 0.227 e. The van der Waals surface area contributed by atoms with Gasteiger partial charge < -0.3 is 14.8 Å². The van der Waals surface area contributed by atoms with Crippen molar-refractivity contribution in [3.63, 3.8) is 0 Å². The van der Waals surface area contributed by atoms with Gasteiger partial charge in [0.05, 0.1) is 17.5 Å². The van der Waals surface area contributed by atoms with Gasteiger partial charge in [0.1, 0.15) is 5.82 Å². The van der Waals surface area contributed by atoms with E-state index in [1.165, 1.54) is 0 Å². The van der Waals surface area contributed by atoms with E-state index in [0.717, 1.165) is 41.9 Å². The fraction of sp³-hybridized carbons (Fsp3) is 0.550. The summed E-state index contributed by atoms with van der Waals surface area (Å²) in [6.07, 6.45) is 1.81. The monoisotopic (exact) mass is 356 g/mol. The minimum Gasteiger partial charge on any atom is -0.342 e. The van der Waals surface area contributed by atoms with Crippen LogP contribution >= 0.6 is 0 Å². The highest BCUT2D eigenvalue weighted by atomic mass is 16.2. The lowest BCUT2D eigenvalue weighted by molar-refractivity contribution is -0.133. The molecule has 0 atom stereocenters. The van der Waals surface area contributed by atoms with E-state index in [1.54, 1.807) is 0 Å². The molecule has 3 rings (SSSR count). The molecule has 6 nitrogen and oxygen atoms in total. The van der Waals surface area contributed by atoms with Gasteiger partial charge in [-0.2, -0.15) is 0 Å². The predicted octanol–water partition coefficient (Wildman–Crippen LogP) is 2.52. The van der Waals surface area contributed by atoms with Gasteiger partial charge in [-0.25, -0.2) is 4.98 Å². The molecule has 2 amide bonds. The van der Waals surface area contributed by atoms with E-state index in [1.807, 2.05) is 34.9 Å². The van der Waals surface area contributed by atoms with Crippen molar-refractivity contribution in [2.75, 3.05) is 26.2 Å². The quantitative estimate of drug-likeness (QED) is 0.915. The summed E-state index contributed by atoms with van der Waals surface area (Å²) in [6, 6.07) is 5.93. The first kappa shape index (κ1) is 18.4. The normalized spacial score (nSPS) is 15.5. The second-order valence-corrected chi connectivity index (χ2v) is 7.56. The third-order valence-corrected chi connectivity index (χ3v) is 4.80. The number of carbonyl (C=O) groups is 2. The first-order chi connectivity index (χ1) is 12.4. The molecule has 0 spiro atoms. The zero-order chi connectivity index (χ0) is 18.7. The van der Waals surface area contributed by atoms with Crippen molar-refractivity contribution >= 4 is 22.8 Å². The molecule has 26 heavy (non-hydrogen) atoms. The number of aryl methyl sites for hydroxylation is 1. The van der Waals surface area contributed by atoms with Crippen molar-refractivity contribution in [2.24, 2.45) is 5.92 Å². The Hall–Kier alpha value is -2.37. The van der Waals surface area contributed by atoms with Crippen molar-refractivity contribution in [1.29, 1.82) is 0 Å². The Kier molecular flexibility index (Phi) is 5.59. The van der Waals surface area contributed by atoms with E-state index in [0.29, 0.717) is 31.8 Å². The lowest BCUT2D eigenvalue weighted by atomic mass is 10.1. The van der Waals surface area contributed by atoms with Gasteiger partial charge in [0, 0.05) is 32.6 Å². The van der Waals surface area contributed by atoms with Crippen LogP contribution in [0.1, 0.15) is 38.1 Å². The van der Waals surface area contributed by atoms with Crippen LogP contribution in [0.3, 0.4) is 0 Å². The van der Waals surface area contributed by atoms with E-state index in [9.17, 15) is 9.59 Å². The number of fused-ring (bicyclic) bond motifs is 1. The van der Waals surface area contributed by atoms with Crippen LogP contribution in [0.15, 0.2) is 18.2 Å². The lowest BCUT2D eigenvalue weighted by Crippen LogP contribution is -2.38. The second-order valence-electron chi connectivity index (χ2n) is 7.56. The third kappa shape index (κ3) is 4.42. The number of H-pyrrole nitrogens is 1. The van der Waals surface area contributed by atoms with E-state index in [-0.39, 0.29) is 11.8 Å². The summed E-state index contributed by atoms with van der Waals surface area (Å²) < 4.78 is 0. The van der Waals surface area contributed by atoms with Crippen molar-refractivity contribution < 1.29 is 9.59 Å². The molecule has 2 heterocycles. The lowest BCUT2D eigenvalue weighted by Gasteiger charge is -2.23. The standard InChI is InChI=1S/C20H28N4O2/c1-14(2)11-19(25)23-7-4-8-24(10-9-23)20(26)13-16-5-6-17-18(12-16)22-15(3)21-17/h5-6,12,14H,4,7-11,13H2,1-3H3,(H,21,22). The van der Waals surface area contributed by atoms with Crippen LogP contribution in [0.2, 0.25) is 0 Å². The first-order valence-corrected chi connectivity index (χ1v) is 9.43. The molecule has 0 aliphatic carbocycles. The SMILES string of the molecule is Cc1nc2ccc(CC(=O)N3CCCN(C(=O)CC(C)C)CC3)cc2[nH]1. The smallest absolute Gasteiger partial charge is 0.227 e. The molecular formula is C20H28N4O2. The molecule has 1 aromatic heterocycles. The Morgan fingerprint density at radius 2 is 1.81 bits per heavy atom. The third-order valence-electron chi connectivity index (χ3n) is 4.80. The summed E-state index contributed by atoms with van der Waals surface area (Å²) >= 11 is 0. The maximum atomic E-state index is 12.7. The number of aromatic amines is 1. The number of hydrogen-bond acceptors (Lipinski definition) is 3. The highest BCUT2D eigenvalue weighted by Gasteiger charge is 2.22. The number of nitrogens with one attached hydrogen (secondary N) is 1. The molecular weight excluding hydrogens is 328 g/mol. The molecule has 0 saturated carbocycles. The highest BCUT2D eigenvalue weighted by Crippen LogP contribution is 2.15. The van der Waals surface area contributed by atoms with Gasteiger partial charge in [0.25, 0.3) is 0 Å². The van der Waals surface area contributed by atoms with E-state index in [4.69, 9.17) is 0 Å². The van der Waals surface area contributed by atoms with Gasteiger partial charge in [0.15, 0.2) is 0 Å². The molecule has 1 aliphatic rings. The molecule has 1 aromatic carbocycles. The number of hydrogen-bond donors (Lipinski definition) is 1. The molecule has 2 aromatic rings. The first-order valence-electron chi connectivity index (χ1n) is 9.43. The zero-order valence-corrected chi connectivity index (χ0v) is 15.9. The van der Waals surface area contributed by atoms with Gasteiger partial charge in [-0.15, -0.1) is 0 Å². The summed E-state index contributed by atoms with van der Waals surface area (Å²) in [5.41, 5.74) is 2.88. The van der Waals surface area contributed by atoms with Crippen LogP contribution in [0.4, 0.5) is 0 Å². The highest BCUT2D eigenvalue weighted by molar-refractivity contribution is 5.82. The van der Waals surface area contributed by atoms with Crippen molar-refractivity contribution in [3.8, 4) is 0 Å². The van der Waals surface area contributed by atoms with Crippen LogP contribution in [-0.2, 0) is 16.0 Å². The Morgan fingerprint density at radius 1 is 1.12 bits per heavy atom. The number of aromatic nitrogens is 2. The molecule has 1 N–H and O–H groups in total. The van der Waals surface area contributed by atoms with Crippen LogP contribution in [-0.4, -0.2) is 57.8 Å². The summed E-state index contributed by atoms with van der Waals surface area (Å²) in [6.45, 7) is 8.76.